The van der Waals surface area contributed by atoms with Gasteiger partial charge in [-0.1, -0.05) is 40.7 Å². The number of fused-ring (bicyclic) bond motifs is 1. The molecule has 0 aromatic heterocycles. The van der Waals surface area contributed by atoms with Crippen molar-refractivity contribution in [2.75, 3.05) is 34.8 Å². The minimum atomic E-state index is -1.62. The van der Waals surface area contributed by atoms with Crippen molar-refractivity contribution in [3.63, 3.8) is 0 Å². The van der Waals surface area contributed by atoms with Crippen molar-refractivity contribution in [3.8, 4) is 11.5 Å². The standard InChI is InChI=1S/C49H78N4O17/c1-15-33-41-40(66-47(58)67-41)29(6)53(13)24-25(2)22-49(10,59)42(68-45-38(55)32(52(11)12)20-26(3)62-45)27(4)39(28(5)44(56)64-33)65-37-23-48(8,9)43(30(7)63-37)69-46(57)51-50-36(54)19-17-31-16-18-34(70-60)35(21-31)61-14/h16-19,21,25-30,32-33,37-43,45,55,59-60H,15,20,22-24H2,1-14H3,(H,50,54)(H,51,57)/b19-17+/t25-,26-,27+,28-,29-,30+,32+,33-,37+,38-,39+,40-,41+,42-,43+,45+,49+/m1/s1. The number of esters is 1. The van der Waals surface area contributed by atoms with Crippen LogP contribution < -0.4 is 20.5 Å². The quantitative estimate of drug-likeness (QED) is 0.0665. The van der Waals surface area contributed by atoms with Gasteiger partial charge >= 0.3 is 18.2 Å². The third kappa shape index (κ3) is 13.8. The first kappa shape index (κ1) is 56.6. The second-order valence-corrected chi connectivity index (χ2v) is 20.8. The number of methoxy groups -OCH3 is 1. The maximum atomic E-state index is 14.6. The Kier molecular flexibility index (Phi) is 19.4. The molecule has 0 saturated carbocycles. The number of benzene rings is 1. The van der Waals surface area contributed by atoms with E-state index in [0.29, 0.717) is 24.9 Å². The zero-order valence-electron chi connectivity index (χ0n) is 43.1. The maximum Gasteiger partial charge on any atom is 0.509 e. The average molecular weight is 995 g/mol. The van der Waals surface area contributed by atoms with Crippen LogP contribution in [0.1, 0.15) is 100 Å². The molecule has 4 aliphatic rings. The Bertz CT molecular complexity index is 1970. The number of hydrazine groups is 1. The fourth-order valence-corrected chi connectivity index (χ4v) is 10.5. The molecule has 0 radical (unpaired) electrons. The van der Waals surface area contributed by atoms with E-state index in [2.05, 4.69) is 15.7 Å². The van der Waals surface area contributed by atoms with Crippen LogP contribution in [0.15, 0.2) is 24.3 Å². The summed E-state index contributed by atoms with van der Waals surface area (Å²) in [6.07, 6.45) is -7.89. The summed E-state index contributed by atoms with van der Waals surface area (Å²) in [5, 5.41) is 33.5. The van der Waals surface area contributed by atoms with Gasteiger partial charge in [-0.2, -0.15) is 0 Å². The zero-order valence-corrected chi connectivity index (χ0v) is 43.1. The van der Waals surface area contributed by atoms with Crippen LogP contribution in [0.5, 0.6) is 11.5 Å². The number of aliphatic hydroxyl groups excluding tert-OH is 1. The first-order valence-electron chi connectivity index (χ1n) is 24.2. The smallest absolute Gasteiger partial charge is 0.493 e. The summed E-state index contributed by atoms with van der Waals surface area (Å²) in [6, 6.07) is 3.89. The molecule has 4 heterocycles. The van der Waals surface area contributed by atoms with Crippen LogP contribution in [0.2, 0.25) is 0 Å². The van der Waals surface area contributed by atoms with E-state index >= 15 is 0 Å². The molecule has 1 aromatic carbocycles. The van der Waals surface area contributed by atoms with Gasteiger partial charge in [-0.05, 0) is 105 Å². The van der Waals surface area contributed by atoms with Crippen LogP contribution in [0.4, 0.5) is 9.59 Å². The van der Waals surface area contributed by atoms with E-state index in [1.165, 1.54) is 31.4 Å². The molecule has 1 aromatic rings. The van der Waals surface area contributed by atoms with Gasteiger partial charge in [-0.3, -0.25) is 19.9 Å². The first-order chi connectivity index (χ1) is 32.8. The number of nitrogens with zero attached hydrogens (tertiary/aromatic N) is 2. The van der Waals surface area contributed by atoms with E-state index in [1.807, 2.05) is 79.4 Å². The van der Waals surface area contributed by atoms with Crippen molar-refractivity contribution in [2.45, 2.75) is 180 Å². The summed E-state index contributed by atoms with van der Waals surface area (Å²) in [4.78, 5) is 61.2. The molecule has 4 saturated heterocycles. The van der Waals surface area contributed by atoms with Crippen LogP contribution in [0.3, 0.4) is 0 Å². The SMILES string of the molecule is CC[C@H]1OC(=O)[C@H](C)[C@@H](O[C@H]2CC(C)(C)[C@@H](OC(=O)NNC(=O)/C=C/c3ccc(OO)c(OC)c3)[C@H](C)O2)[C@H](C)[C@@H](O[C@@H]2O[C@H](C)C[C@H](N(C)C)[C@H]2O)[C@@](C)(O)C[C@@H](C)CN(C)[C@H](C)[C@H]2OC(=O)O[C@H]21. The minimum Gasteiger partial charge on any atom is -0.493 e. The Morgan fingerprint density at radius 2 is 1.63 bits per heavy atom. The summed E-state index contributed by atoms with van der Waals surface area (Å²) in [5.74, 6) is -3.04. The van der Waals surface area contributed by atoms with Crippen molar-refractivity contribution < 1.29 is 82.2 Å². The lowest BCUT2D eigenvalue weighted by Crippen LogP contribution is -2.60. The number of likely N-dealkylation sites (N-methyl/N-ethyl adjacent to an activating group) is 2. The molecule has 396 valence electrons. The highest BCUT2D eigenvalue weighted by molar-refractivity contribution is 5.92. The highest BCUT2D eigenvalue weighted by Crippen LogP contribution is 2.42. The second kappa shape index (κ2) is 23.9. The number of hydrogen-bond acceptors (Lipinski definition) is 19. The van der Waals surface area contributed by atoms with E-state index < -0.39 is 108 Å². The Morgan fingerprint density at radius 3 is 2.26 bits per heavy atom. The molecule has 17 atom stereocenters. The zero-order chi connectivity index (χ0) is 52.0. The topological polar surface area (TPSA) is 252 Å². The summed E-state index contributed by atoms with van der Waals surface area (Å²) in [7, 11) is 7.03. The van der Waals surface area contributed by atoms with Crippen molar-refractivity contribution in [3.05, 3.63) is 29.8 Å². The molecule has 21 nitrogen and oxygen atoms in total. The lowest BCUT2D eigenvalue weighted by molar-refractivity contribution is -0.312. The molecular formula is C49H78N4O17. The number of ether oxygens (including phenoxy) is 9. The number of cyclic esters (lactones) is 1. The van der Waals surface area contributed by atoms with Crippen molar-refractivity contribution >= 4 is 30.2 Å². The van der Waals surface area contributed by atoms with Gasteiger partial charge < -0.3 is 62.6 Å². The normalized spacial score (nSPS) is 37.7. The Hall–Kier alpha value is -4.32. The van der Waals surface area contributed by atoms with E-state index in [-0.39, 0.29) is 48.4 Å². The average Bonchev–Trinajstić information content (AvgIpc) is 3.68. The molecule has 5 rings (SSSR count). The lowest BCUT2D eigenvalue weighted by atomic mass is 9.77. The highest BCUT2D eigenvalue weighted by atomic mass is 17.1. The third-order valence-electron chi connectivity index (χ3n) is 14.2. The van der Waals surface area contributed by atoms with E-state index in [0.717, 1.165) is 0 Å². The monoisotopic (exact) mass is 995 g/mol. The summed E-state index contributed by atoms with van der Waals surface area (Å²) in [6.45, 7) is 18.7. The molecule has 0 unspecified atom stereocenters. The Labute approximate surface area is 411 Å². The van der Waals surface area contributed by atoms with E-state index in [9.17, 15) is 29.4 Å². The molecule has 4 aliphatic heterocycles. The van der Waals surface area contributed by atoms with E-state index in [4.69, 9.17) is 47.9 Å². The van der Waals surface area contributed by atoms with Gasteiger partial charge in [0.2, 0.25) is 5.75 Å². The molecule has 21 heteroatoms. The van der Waals surface area contributed by atoms with Crippen molar-refractivity contribution in [2.24, 2.45) is 23.2 Å². The van der Waals surface area contributed by atoms with Crippen LogP contribution in [0.25, 0.3) is 6.08 Å². The molecule has 70 heavy (non-hydrogen) atoms. The van der Waals surface area contributed by atoms with Gasteiger partial charge in [0.05, 0.1) is 43.0 Å². The van der Waals surface area contributed by atoms with Crippen LogP contribution in [0, 0.1) is 23.2 Å². The number of amides is 2. The van der Waals surface area contributed by atoms with Crippen molar-refractivity contribution in [1.82, 2.24) is 20.7 Å². The molecule has 2 amide bonds. The van der Waals surface area contributed by atoms with E-state index in [1.54, 1.807) is 26.8 Å². The fraction of sp³-hybridized carbons (Fsp3) is 0.755. The number of rotatable bonds is 11. The third-order valence-corrected chi connectivity index (χ3v) is 14.2. The first-order valence-corrected chi connectivity index (χ1v) is 24.2. The number of carbonyl (C=O) groups excluding carboxylic acids is 4. The van der Waals surface area contributed by atoms with Crippen molar-refractivity contribution in [1.29, 1.82) is 0 Å². The van der Waals surface area contributed by atoms with Crippen LogP contribution >= 0.6 is 0 Å². The Morgan fingerprint density at radius 1 is 0.943 bits per heavy atom. The van der Waals surface area contributed by atoms with Crippen LogP contribution in [-0.4, -0.2) is 169 Å². The largest absolute Gasteiger partial charge is 0.509 e. The highest BCUT2D eigenvalue weighted by Gasteiger charge is 2.53. The van der Waals surface area contributed by atoms with Gasteiger partial charge in [0.15, 0.2) is 30.5 Å². The number of nitrogens with one attached hydrogen (secondary N) is 2. The predicted octanol–water partition coefficient (Wildman–Crippen LogP) is 4.65. The number of hydrogen-bond donors (Lipinski definition) is 5. The van der Waals surface area contributed by atoms with Gasteiger partial charge in [0.1, 0.15) is 18.3 Å². The second-order valence-electron chi connectivity index (χ2n) is 20.8. The number of aliphatic hydroxyl groups is 2. The summed E-state index contributed by atoms with van der Waals surface area (Å²) < 4.78 is 55.0. The molecular weight excluding hydrogens is 917 g/mol. The number of carbonyl (C=O) groups is 4. The van der Waals surface area contributed by atoms with Gasteiger partial charge in [-0.25, -0.2) is 20.3 Å². The predicted molar refractivity (Wildman–Crippen MR) is 252 cm³/mol. The summed E-state index contributed by atoms with van der Waals surface area (Å²) >= 11 is 0. The molecule has 0 bridgehead atoms. The molecule has 0 aliphatic carbocycles. The molecule has 4 fully saturated rings. The van der Waals surface area contributed by atoms with Gasteiger partial charge in [-0.15, -0.1) is 0 Å². The fourth-order valence-electron chi connectivity index (χ4n) is 10.5. The minimum absolute atomic E-state index is 0.0892. The molecule has 5 N–H and O–H groups in total. The van der Waals surface area contributed by atoms with Crippen LogP contribution in [-0.2, 0) is 47.5 Å². The van der Waals surface area contributed by atoms with Gasteiger partial charge in [0, 0.05) is 42.5 Å². The summed E-state index contributed by atoms with van der Waals surface area (Å²) in [5.41, 5.74) is 2.67. The maximum absolute atomic E-state index is 14.6. The molecule has 0 spiro atoms. The Balaban J connectivity index is 1.41. The van der Waals surface area contributed by atoms with Gasteiger partial charge in [0.25, 0.3) is 5.91 Å². The lowest BCUT2D eigenvalue weighted by Gasteiger charge is -2.49.